The lowest BCUT2D eigenvalue weighted by atomic mass is 10.0. The van der Waals surface area contributed by atoms with E-state index >= 15 is 0 Å². The summed E-state index contributed by atoms with van der Waals surface area (Å²) >= 11 is 14.1. The Morgan fingerprint density at radius 1 is 1.03 bits per heavy atom. The number of aromatic hydroxyl groups is 1. The molecule has 0 amide bonds. The number of halogens is 2. The maximum Gasteiger partial charge on any atom is 0.148 e. The molecule has 0 bridgehead atoms. The summed E-state index contributed by atoms with van der Waals surface area (Å²) in [6.45, 7) is 1.93. The quantitative estimate of drug-likeness (QED) is 0.184. The van der Waals surface area contributed by atoms with Crippen molar-refractivity contribution >= 4 is 68.5 Å². The van der Waals surface area contributed by atoms with E-state index in [1.54, 1.807) is 24.9 Å². The van der Waals surface area contributed by atoms with Crippen molar-refractivity contribution in [2.45, 2.75) is 16.7 Å². The van der Waals surface area contributed by atoms with E-state index in [0.717, 1.165) is 43.2 Å². The van der Waals surface area contributed by atoms with Crippen LogP contribution in [0, 0.1) is 6.92 Å². The lowest BCUT2D eigenvalue weighted by molar-refractivity contribution is 0.416. The molecule has 4 nitrogen and oxygen atoms in total. The Labute approximate surface area is 194 Å². The van der Waals surface area contributed by atoms with Gasteiger partial charge < -0.3 is 20.5 Å². The van der Waals surface area contributed by atoms with Crippen LogP contribution in [-0.2, 0) is 0 Å². The molecule has 1 aliphatic heterocycles. The number of methoxy groups -OCH3 is 1. The number of ether oxygens (including phenoxy) is 1. The maximum atomic E-state index is 11.3. The summed E-state index contributed by atoms with van der Waals surface area (Å²) in [5.74, 6) is 0.762. The summed E-state index contributed by atoms with van der Waals surface area (Å²) < 4.78 is 5.53. The first kappa shape index (κ1) is 20.2. The summed E-state index contributed by atoms with van der Waals surface area (Å²) in [6.07, 6.45) is 0. The zero-order valence-electron chi connectivity index (χ0n) is 16.7. The molecule has 156 valence electrons. The van der Waals surface area contributed by atoms with Crippen molar-refractivity contribution < 1.29 is 9.84 Å². The highest BCUT2D eigenvalue weighted by atomic mass is 35.5. The molecule has 0 spiro atoms. The highest BCUT2D eigenvalue weighted by Gasteiger charge is 2.26. The minimum Gasteiger partial charge on any atom is -0.505 e. The number of anilines is 4. The van der Waals surface area contributed by atoms with Crippen LogP contribution in [0.15, 0.2) is 64.4 Å². The van der Waals surface area contributed by atoms with Crippen LogP contribution >= 0.6 is 35.0 Å². The first-order valence-electron chi connectivity index (χ1n) is 9.59. The Kier molecular flexibility index (Phi) is 5.05. The van der Waals surface area contributed by atoms with Gasteiger partial charge in [-0.25, -0.2) is 0 Å². The van der Waals surface area contributed by atoms with Crippen molar-refractivity contribution in [3.05, 3.63) is 70.2 Å². The Morgan fingerprint density at radius 2 is 1.81 bits per heavy atom. The first-order valence-corrected chi connectivity index (χ1v) is 11.2. The maximum absolute atomic E-state index is 11.3. The fourth-order valence-electron chi connectivity index (χ4n) is 3.73. The van der Waals surface area contributed by atoms with Crippen molar-refractivity contribution in [2.75, 3.05) is 17.7 Å². The third kappa shape index (κ3) is 3.43. The largest absolute Gasteiger partial charge is 0.505 e. The van der Waals surface area contributed by atoms with Crippen LogP contribution in [0.2, 0.25) is 10.0 Å². The molecule has 1 heterocycles. The smallest absolute Gasteiger partial charge is 0.148 e. The van der Waals surface area contributed by atoms with E-state index in [1.165, 1.54) is 0 Å². The Hall–Kier alpha value is -2.73. The molecule has 0 radical (unpaired) electrons. The molecular formula is C24H18Cl2N2O2S. The number of phenols is 1. The minimum absolute atomic E-state index is 0.170. The second kappa shape index (κ2) is 7.75. The number of hydrogen-bond acceptors (Lipinski definition) is 5. The number of hydrogen-bond donors (Lipinski definition) is 3. The molecule has 0 aliphatic carbocycles. The summed E-state index contributed by atoms with van der Waals surface area (Å²) in [6, 6.07) is 17.2. The van der Waals surface area contributed by atoms with Crippen molar-refractivity contribution in [1.29, 1.82) is 0 Å². The van der Waals surface area contributed by atoms with Gasteiger partial charge in [0.2, 0.25) is 0 Å². The average Bonchev–Trinajstić information content (AvgIpc) is 2.77. The predicted molar refractivity (Wildman–Crippen MR) is 130 cm³/mol. The van der Waals surface area contributed by atoms with Crippen LogP contribution < -0.4 is 15.4 Å². The molecule has 7 heteroatoms. The van der Waals surface area contributed by atoms with E-state index in [9.17, 15) is 5.11 Å². The van der Waals surface area contributed by atoms with E-state index in [-0.39, 0.29) is 5.75 Å². The fraction of sp³-hybridized carbons (Fsp3) is 0.0833. The summed E-state index contributed by atoms with van der Waals surface area (Å²) in [4.78, 5) is 1.86. The van der Waals surface area contributed by atoms with Crippen LogP contribution in [0.25, 0.3) is 10.8 Å². The second-order valence-electron chi connectivity index (χ2n) is 7.27. The normalized spacial score (nSPS) is 12.1. The molecule has 0 saturated heterocycles. The molecule has 1 aliphatic rings. The van der Waals surface area contributed by atoms with Crippen molar-refractivity contribution in [3.8, 4) is 11.5 Å². The van der Waals surface area contributed by atoms with Crippen LogP contribution in [0.3, 0.4) is 0 Å². The standard InChI is InChI=1S/C24H18Cl2N2O2S/c1-12-9-18(19(30-2)11-16(12)26)28-22-23(29)15-6-4-3-5-14(15)21-24(22)31-20-10-13(25)7-8-17(20)27-21/h3-11,27-29H,1-2H3. The van der Waals surface area contributed by atoms with Gasteiger partial charge in [-0.1, -0.05) is 59.2 Å². The molecule has 0 atom stereocenters. The lowest BCUT2D eigenvalue weighted by Gasteiger charge is -2.27. The summed E-state index contributed by atoms with van der Waals surface area (Å²) in [7, 11) is 1.59. The molecule has 0 unspecified atom stereocenters. The molecular weight excluding hydrogens is 451 g/mol. The zero-order chi connectivity index (χ0) is 21.7. The number of fused-ring (bicyclic) bond motifs is 4. The van der Waals surface area contributed by atoms with Gasteiger partial charge in [0, 0.05) is 31.8 Å². The van der Waals surface area contributed by atoms with Gasteiger partial charge in [0.05, 0.1) is 34.8 Å². The fourth-order valence-corrected chi connectivity index (χ4v) is 5.27. The van der Waals surface area contributed by atoms with Gasteiger partial charge in [0.1, 0.15) is 11.5 Å². The highest BCUT2D eigenvalue weighted by molar-refractivity contribution is 8.00. The van der Waals surface area contributed by atoms with E-state index in [1.807, 2.05) is 55.5 Å². The molecule has 0 saturated carbocycles. The van der Waals surface area contributed by atoms with Gasteiger partial charge in [-0.15, -0.1) is 0 Å². The van der Waals surface area contributed by atoms with Gasteiger partial charge in [0.15, 0.2) is 0 Å². The summed E-state index contributed by atoms with van der Waals surface area (Å²) in [5.41, 5.74) is 4.12. The number of benzene rings is 4. The van der Waals surface area contributed by atoms with Crippen LogP contribution in [0.4, 0.5) is 22.7 Å². The van der Waals surface area contributed by atoms with E-state index < -0.39 is 0 Å². The second-order valence-corrected chi connectivity index (χ2v) is 9.16. The van der Waals surface area contributed by atoms with Gasteiger partial charge in [-0.2, -0.15) is 0 Å². The van der Waals surface area contributed by atoms with E-state index in [4.69, 9.17) is 27.9 Å². The molecule has 3 N–H and O–H groups in total. The molecule has 0 fully saturated rings. The van der Waals surface area contributed by atoms with Crippen LogP contribution in [0.1, 0.15) is 5.56 Å². The van der Waals surface area contributed by atoms with Crippen molar-refractivity contribution in [2.24, 2.45) is 0 Å². The predicted octanol–water partition coefficient (Wildman–Crippen LogP) is 8.12. The monoisotopic (exact) mass is 468 g/mol. The number of rotatable bonds is 3. The van der Waals surface area contributed by atoms with Crippen LogP contribution in [0.5, 0.6) is 11.5 Å². The molecule has 0 aromatic heterocycles. The molecule has 4 aromatic carbocycles. The van der Waals surface area contributed by atoms with Gasteiger partial charge in [-0.3, -0.25) is 0 Å². The Bertz CT molecular complexity index is 1360. The number of nitrogens with one attached hydrogen (secondary N) is 2. The van der Waals surface area contributed by atoms with Crippen LogP contribution in [-0.4, -0.2) is 12.2 Å². The highest BCUT2D eigenvalue weighted by Crippen LogP contribution is 2.55. The number of aryl methyl sites for hydroxylation is 1. The van der Waals surface area contributed by atoms with E-state index in [2.05, 4.69) is 10.6 Å². The van der Waals surface area contributed by atoms with Gasteiger partial charge in [-0.05, 0) is 36.8 Å². The Morgan fingerprint density at radius 3 is 2.58 bits per heavy atom. The van der Waals surface area contributed by atoms with Gasteiger partial charge in [0.25, 0.3) is 0 Å². The summed E-state index contributed by atoms with van der Waals surface area (Å²) in [5, 5.41) is 21.2. The molecule has 4 aromatic rings. The van der Waals surface area contributed by atoms with Crippen molar-refractivity contribution in [1.82, 2.24) is 0 Å². The van der Waals surface area contributed by atoms with Gasteiger partial charge >= 0.3 is 0 Å². The number of phenolic OH excluding ortho intramolecular Hbond substituents is 1. The molecule has 5 rings (SSSR count). The zero-order valence-corrected chi connectivity index (χ0v) is 19.0. The van der Waals surface area contributed by atoms with E-state index in [0.29, 0.717) is 21.5 Å². The SMILES string of the molecule is COc1cc(Cl)c(C)cc1Nc1c2c(c3ccccc3c1O)Nc1ccc(Cl)cc1S2. The topological polar surface area (TPSA) is 53.5 Å². The molecule has 31 heavy (non-hydrogen) atoms. The third-order valence-corrected chi connectivity index (χ3v) is 7.11. The third-order valence-electron chi connectivity index (χ3n) is 5.30. The minimum atomic E-state index is 0.170. The lowest BCUT2D eigenvalue weighted by Crippen LogP contribution is -2.05. The first-order chi connectivity index (χ1) is 15.0. The van der Waals surface area contributed by atoms with Crippen molar-refractivity contribution in [3.63, 3.8) is 0 Å². The average molecular weight is 469 g/mol. The Balaban J connectivity index is 1.74.